The molecule has 0 aliphatic carbocycles. The molecule has 0 bridgehead atoms. The summed E-state index contributed by atoms with van der Waals surface area (Å²) in [6.45, 7) is 4.04. The maximum absolute atomic E-state index is 8.67. The molecule has 0 fully saturated rings. The summed E-state index contributed by atoms with van der Waals surface area (Å²) in [6, 6.07) is 23.4. The molecular formula is C26H24BBrN6O2. The number of benzene rings is 2. The number of hydrogen-bond acceptors (Lipinski definition) is 6. The van der Waals surface area contributed by atoms with Gasteiger partial charge in [-0.15, -0.1) is 20.4 Å². The first-order valence-electron chi connectivity index (χ1n) is 11.1. The van der Waals surface area contributed by atoms with Crippen LogP contribution < -0.4 is 5.46 Å². The molecule has 0 atom stereocenters. The van der Waals surface area contributed by atoms with E-state index in [4.69, 9.17) is 10.0 Å². The van der Waals surface area contributed by atoms with Crippen molar-refractivity contribution >= 4 is 39.8 Å². The van der Waals surface area contributed by atoms with Gasteiger partial charge in [0.15, 0.2) is 11.3 Å². The van der Waals surface area contributed by atoms with Gasteiger partial charge in [-0.1, -0.05) is 59.7 Å². The quantitative estimate of drug-likeness (QED) is 0.322. The highest BCUT2D eigenvalue weighted by Gasteiger charge is 2.08. The van der Waals surface area contributed by atoms with E-state index >= 15 is 0 Å². The Morgan fingerprint density at radius 1 is 0.639 bits per heavy atom. The number of pyridine rings is 2. The van der Waals surface area contributed by atoms with Crippen molar-refractivity contribution in [2.45, 2.75) is 13.8 Å². The van der Waals surface area contributed by atoms with Gasteiger partial charge in [-0.05, 0) is 70.6 Å². The van der Waals surface area contributed by atoms with Crippen LogP contribution in [0.5, 0.6) is 0 Å². The van der Waals surface area contributed by atoms with E-state index in [0.717, 1.165) is 21.3 Å². The second-order valence-electron chi connectivity index (χ2n) is 8.11. The van der Waals surface area contributed by atoms with Gasteiger partial charge in [0, 0.05) is 16.9 Å². The van der Waals surface area contributed by atoms with Crippen molar-refractivity contribution in [2.24, 2.45) is 0 Å². The van der Waals surface area contributed by atoms with E-state index in [9.17, 15) is 0 Å². The van der Waals surface area contributed by atoms with Gasteiger partial charge in [0.25, 0.3) is 0 Å². The second kappa shape index (κ2) is 11.7. The molecular weight excluding hydrogens is 519 g/mol. The van der Waals surface area contributed by atoms with E-state index in [1.54, 1.807) is 24.8 Å². The van der Waals surface area contributed by atoms with E-state index in [1.165, 1.54) is 16.7 Å². The Morgan fingerprint density at radius 3 is 1.72 bits per heavy atom. The van der Waals surface area contributed by atoms with E-state index in [-0.39, 0.29) is 0 Å². The zero-order valence-electron chi connectivity index (χ0n) is 19.8. The lowest BCUT2D eigenvalue weighted by Gasteiger charge is -2.02. The summed E-state index contributed by atoms with van der Waals surface area (Å²) in [5, 5.41) is 32.8. The van der Waals surface area contributed by atoms with E-state index in [0.29, 0.717) is 5.46 Å². The van der Waals surface area contributed by atoms with Crippen LogP contribution in [0.1, 0.15) is 11.1 Å². The van der Waals surface area contributed by atoms with Crippen molar-refractivity contribution in [3.8, 4) is 11.1 Å². The second-order valence-corrected chi connectivity index (χ2v) is 9.02. The molecule has 2 N–H and O–H groups in total. The largest absolute Gasteiger partial charge is 0.488 e. The minimum atomic E-state index is -1.35. The lowest BCUT2D eigenvalue weighted by Crippen LogP contribution is -2.29. The van der Waals surface area contributed by atoms with Crippen LogP contribution in [0.3, 0.4) is 0 Å². The van der Waals surface area contributed by atoms with Gasteiger partial charge in [-0.2, -0.15) is 0 Å². The smallest absolute Gasteiger partial charge is 0.423 e. The molecule has 0 saturated heterocycles. The first-order valence-corrected chi connectivity index (χ1v) is 11.9. The van der Waals surface area contributed by atoms with Crippen LogP contribution >= 0.6 is 15.9 Å². The molecule has 180 valence electrons. The molecule has 4 aromatic heterocycles. The highest BCUT2D eigenvalue weighted by Crippen LogP contribution is 2.19. The van der Waals surface area contributed by atoms with Crippen LogP contribution in [-0.2, 0) is 0 Å². The van der Waals surface area contributed by atoms with E-state index < -0.39 is 7.12 Å². The van der Waals surface area contributed by atoms with Crippen LogP contribution in [0, 0.1) is 13.8 Å². The summed E-state index contributed by atoms with van der Waals surface area (Å²) in [4.78, 5) is 0. The van der Waals surface area contributed by atoms with Crippen molar-refractivity contribution in [1.29, 1.82) is 0 Å². The molecule has 36 heavy (non-hydrogen) atoms. The van der Waals surface area contributed by atoms with E-state index in [1.807, 2.05) is 58.5 Å². The van der Waals surface area contributed by atoms with Crippen molar-refractivity contribution in [3.05, 3.63) is 113 Å². The minimum Gasteiger partial charge on any atom is -0.423 e. The van der Waals surface area contributed by atoms with Gasteiger partial charge >= 0.3 is 7.12 Å². The SMILES string of the molecule is Brc1ccc2nncn2c1.Cc1ccc(-c2ccc3nncn3c2)cc1.Cc1ccc(B(O)O)cc1. The summed E-state index contributed by atoms with van der Waals surface area (Å²) in [5.41, 5.74) is 7.04. The van der Waals surface area contributed by atoms with Crippen molar-refractivity contribution in [1.82, 2.24) is 29.2 Å². The monoisotopic (exact) mass is 542 g/mol. The fraction of sp³-hybridized carbons (Fsp3) is 0.0769. The molecule has 0 aliphatic rings. The Kier molecular flexibility index (Phi) is 8.22. The first kappa shape index (κ1) is 25.2. The maximum atomic E-state index is 8.67. The maximum Gasteiger partial charge on any atom is 0.488 e. The van der Waals surface area contributed by atoms with Crippen LogP contribution in [0.25, 0.3) is 22.4 Å². The van der Waals surface area contributed by atoms with Gasteiger partial charge in [0.2, 0.25) is 0 Å². The third-order valence-electron chi connectivity index (χ3n) is 5.31. The number of halogens is 1. The molecule has 8 nitrogen and oxygen atoms in total. The summed E-state index contributed by atoms with van der Waals surface area (Å²) >= 11 is 3.34. The van der Waals surface area contributed by atoms with Crippen LogP contribution in [0.4, 0.5) is 0 Å². The van der Waals surface area contributed by atoms with Crippen molar-refractivity contribution in [3.63, 3.8) is 0 Å². The predicted octanol–water partition coefficient (Wildman–Crippen LogP) is 3.87. The topological polar surface area (TPSA) is 101 Å². The molecule has 0 spiro atoms. The lowest BCUT2D eigenvalue weighted by atomic mass is 9.80. The zero-order chi connectivity index (χ0) is 25.5. The van der Waals surface area contributed by atoms with Crippen LogP contribution in [0.15, 0.2) is 102 Å². The fourth-order valence-corrected chi connectivity index (χ4v) is 3.64. The minimum absolute atomic E-state index is 0.533. The average molecular weight is 543 g/mol. The zero-order valence-corrected chi connectivity index (χ0v) is 21.4. The molecule has 0 saturated carbocycles. The Bertz CT molecular complexity index is 1550. The number of hydrogen-bond donors (Lipinski definition) is 2. The molecule has 0 amide bonds. The number of fused-ring (bicyclic) bond motifs is 2. The van der Waals surface area contributed by atoms with Gasteiger partial charge in [0.05, 0.1) is 0 Å². The molecule has 4 heterocycles. The summed E-state index contributed by atoms with van der Waals surface area (Å²) in [5.74, 6) is 0. The van der Waals surface area contributed by atoms with Gasteiger partial charge in [-0.25, -0.2) is 0 Å². The third kappa shape index (κ3) is 6.63. The molecule has 10 heteroatoms. The van der Waals surface area contributed by atoms with Gasteiger partial charge < -0.3 is 10.0 Å². The molecule has 0 radical (unpaired) electrons. The number of aryl methyl sites for hydroxylation is 2. The van der Waals surface area contributed by atoms with E-state index in [2.05, 4.69) is 73.6 Å². The standard InChI is InChI=1S/C13H11N3.C7H9BO2.C6H4BrN3/c1-10-2-4-11(5-3-10)12-6-7-13-15-14-9-16(13)8-12;1-6-2-4-7(5-3-6)8(9)10;7-5-1-2-6-9-8-4-10(6)3-5/h2-9H,1H3;2-5,9-10H,1H3;1-4H. The van der Waals surface area contributed by atoms with Crippen molar-refractivity contribution < 1.29 is 10.0 Å². The molecule has 6 aromatic rings. The van der Waals surface area contributed by atoms with Crippen molar-refractivity contribution in [2.75, 3.05) is 0 Å². The average Bonchev–Trinajstić information content (AvgIpc) is 3.54. The highest BCUT2D eigenvalue weighted by atomic mass is 79.9. The predicted molar refractivity (Wildman–Crippen MR) is 145 cm³/mol. The molecule has 0 unspecified atom stereocenters. The molecule has 0 aliphatic heterocycles. The highest BCUT2D eigenvalue weighted by molar-refractivity contribution is 9.10. The van der Waals surface area contributed by atoms with Gasteiger partial charge in [-0.3, -0.25) is 8.80 Å². The number of aromatic nitrogens is 6. The fourth-order valence-electron chi connectivity index (χ4n) is 3.28. The molecule has 6 rings (SSSR count). The van der Waals surface area contributed by atoms with Gasteiger partial charge in [0.1, 0.15) is 12.7 Å². The normalized spacial score (nSPS) is 10.4. The summed E-state index contributed by atoms with van der Waals surface area (Å²) in [6.07, 6.45) is 7.34. The van der Waals surface area contributed by atoms with Crippen LogP contribution in [-0.4, -0.2) is 46.4 Å². The lowest BCUT2D eigenvalue weighted by molar-refractivity contribution is 0.426. The summed E-state index contributed by atoms with van der Waals surface area (Å²) in [7, 11) is -1.35. The Balaban J connectivity index is 0.000000133. The number of nitrogens with zero attached hydrogens (tertiary/aromatic N) is 6. The Labute approximate surface area is 217 Å². The van der Waals surface area contributed by atoms with Crippen LogP contribution in [0.2, 0.25) is 0 Å². The summed E-state index contributed by atoms with van der Waals surface area (Å²) < 4.78 is 4.80. The third-order valence-corrected chi connectivity index (χ3v) is 5.78. The number of rotatable bonds is 2. The molecule has 2 aromatic carbocycles. The first-order chi connectivity index (χ1) is 17.4. The Morgan fingerprint density at radius 2 is 1.14 bits per heavy atom. The Hall–Kier alpha value is -3.86.